The first kappa shape index (κ1) is 19.3. The molecule has 4 rings (SSSR count). The number of carbonyl (C=O) groups excluding carboxylic acids is 2. The molecular weight excluding hydrogens is 385 g/mol. The molecule has 0 saturated carbocycles. The van der Waals surface area contributed by atoms with Crippen molar-refractivity contribution in [2.45, 2.75) is 6.54 Å². The van der Waals surface area contributed by atoms with Gasteiger partial charge < -0.3 is 14.6 Å². The van der Waals surface area contributed by atoms with Crippen LogP contribution in [-0.2, 0) is 11.3 Å². The number of methoxy groups -OCH3 is 1. The molecule has 0 spiro atoms. The number of rotatable bonds is 6. The molecular formula is C23H18FN3O3. The number of ether oxygens (including phenoxy) is 1. The first-order valence-electron chi connectivity index (χ1n) is 9.25. The third-order valence-corrected chi connectivity index (χ3v) is 4.63. The number of benzene rings is 3. The largest absolute Gasteiger partial charge is 0.495 e. The number of nitrogens with one attached hydrogen (secondary N) is 1. The summed E-state index contributed by atoms with van der Waals surface area (Å²) in [5.74, 6) is -0.737. The van der Waals surface area contributed by atoms with Crippen molar-refractivity contribution in [1.82, 2.24) is 9.55 Å². The number of hydrogen-bond acceptors (Lipinski definition) is 4. The Balaban J connectivity index is 1.70. The summed E-state index contributed by atoms with van der Waals surface area (Å²) in [6, 6.07) is 19.6. The van der Waals surface area contributed by atoms with Gasteiger partial charge in [-0.3, -0.25) is 9.59 Å². The van der Waals surface area contributed by atoms with Crippen molar-refractivity contribution in [2.75, 3.05) is 12.4 Å². The highest BCUT2D eigenvalue weighted by Crippen LogP contribution is 2.24. The summed E-state index contributed by atoms with van der Waals surface area (Å²) >= 11 is 0. The number of hydrogen-bond donors (Lipinski definition) is 1. The summed E-state index contributed by atoms with van der Waals surface area (Å²) in [6.45, 7) is -0.144. The highest BCUT2D eigenvalue weighted by molar-refractivity contribution is 6.08. The molecule has 3 aromatic carbocycles. The van der Waals surface area contributed by atoms with E-state index in [1.807, 2.05) is 0 Å². The van der Waals surface area contributed by atoms with E-state index in [0.717, 1.165) is 6.07 Å². The zero-order valence-corrected chi connectivity index (χ0v) is 16.1. The molecule has 0 radical (unpaired) electrons. The van der Waals surface area contributed by atoms with E-state index < -0.39 is 11.6 Å². The van der Waals surface area contributed by atoms with Crippen LogP contribution in [0.5, 0.6) is 5.75 Å². The number of fused-ring (bicyclic) bond motifs is 1. The SMILES string of the molecule is COc1ccccc1NC(=O)Cn1c(C(=O)c2cccc(F)c2)nc2ccccc21. The fourth-order valence-electron chi connectivity index (χ4n) is 3.25. The molecule has 6 nitrogen and oxygen atoms in total. The van der Waals surface area contributed by atoms with Crippen molar-refractivity contribution in [3.8, 4) is 5.75 Å². The molecule has 0 aliphatic carbocycles. The molecule has 4 aromatic rings. The zero-order valence-electron chi connectivity index (χ0n) is 16.1. The van der Waals surface area contributed by atoms with Gasteiger partial charge in [0.2, 0.25) is 11.7 Å². The molecule has 1 N–H and O–H groups in total. The Labute approximate surface area is 171 Å². The number of amides is 1. The van der Waals surface area contributed by atoms with E-state index in [1.165, 1.54) is 29.9 Å². The highest BCUT2D eigenvalue weighted by Gasteiger charge is 2.21. The maximum Gasteiger partial charge on any atom is 0.244 e. The van der Waals surface area contributed by atoms with Crippen molar-refractivity contribution in [3.05, 3.63) is 90.0 Å². The normalized spacial score (nSPS) is 10.7. The molecule has 1 amide bonds. The van der Waals surface area contributed by atoms with E-state index in [4.69, 9.17) is 4.74 Å². The Morgan fingerprint density at radius 3 is 2.60 bits per heavy atom. The Morgan fingerprint density at radius 1 is 1.03 bits per heavy atom. The molecule has 0 bridgehead atoms. The minimum absolute atomic E-state index is 0.0666. The van der Waals surface area contributed by atoms with Crippen LogP contribution in [0.25, 0.3) is 11.0 Å². The Hall–Kier alpha value is -4.00. The smallest absolute Gasteiger partial charge is 0.244 e. The fourth-order valence-corrected chi connectivity index (χ4v) is 3.25. The van der Waals surface area contributed by atoms with E-state index in [0.29, 0.717) is 22.5 Å². The third-order valence-electron chi connectivity index (χ3n) is 4.63. The maximum absolute atomic E-state index is 13.6. The summed E-state index contributed by atoms with van der Waals surface area (Å²) in [5.41, 5.74) is 1.89. The molecule has 0 unspecified atom stereocenters. The fraction of sp³-hybridized carbons (Fsp3) is 0.0870. The molecule has 0 saturated heterocycles. The number of nitrogens with zero attached hydrogens (tertiary/aromatic N) is 2. The minimum atomic E-state index is -0.516. The lowest BCUT2D eigenvalue weighted by atomic mass is 10.1. The van der Waals surface area contributed by atoms with Gasteiger partial charge in [-0.2, -0.15) is 0 Å². The first-order chi connectivity index (χ1) is 14.6. The molecule has 7 heteroatoms. The van der Waals surface area contributed by atoms with Gasteiger partial charge in [-0.1, -0.05) is 36.4 Å². The number of ketones is 1. The lowest BCUT2D eigenvalue weighted by molar-refractivity contribution is -0.116. The van der Waals surface area contributed by atoms with Crippen LogP contribution in [0.3, 0.4) is 0 Å². The summed E-state index contributed by atoms with van der Waals surface area (Å²) in [5, 5.41) is 2.80. The van der Waals surface area contributed by atoms with Crippen molar-refractivity contribution in [1.29, 1.82) is 0 Å². The van der Waals surface area contributed by atoms with Crippen molar-refractivity contribution < 1.29 is 18.7 Å². The van der Waals surface area contributed by atoms with Crippen LogP contribution >= 0.6 is 0 Å². The van der Waals surface area contributed by atoms with Gasteiger partial charge in [0.1, 0.15) is 18.1 Å². The van der Waals surface area contributed by atoms with Crippen LogP contribution in [0.2, 0.25) is 0 Å². The van der Waals surface area contributed by atoms with Gasteiger partial charge in [0, 0.05) is 5.56 Å². The minimum Gasteiger partial charge on any atom is -0.495 e. The third kappa shape index (κ3) is 3.77. The second-order valence-electron chi connectivity index (χ2n) is 6.60. The van der Waals surface area contributed by atoms with Gasteiger partial charge in [0.25, 0.3) is 0 Å². The number of halogens is 1. The molecule has 0 aliphatic rings. The van der Waals surface area contributed by atoms with Crippen molar-refractivity contribution >= 4 is 28.4 Å². The molecule has 1 heterocycles. The van der Waals surface area contributed by atoms with E-state index in [1.54, 1.807) is 48.5 Å². The second kappa shape index (κ2) is 8.16. The summed E-state index contributed by atoms with van der Waals surface area (Å²) in [6.07, 6.45) is 0. The van der Waals surface area contributed by atoms with E-state index >= 15 is 0 Å². The first-order valence-corrected chi connectivity index (χ1v) is 9.25. The monoisotopic (exact) mass is 403 g/mol. The van der Waals surface area contributed by atoms with Crippen LogP contribution in [0.1, 0.15) is 16.2 Å². The van der Waals surface area contributed by atoms with Crippen LogP contribution in [-0.4, -0.2) is 28.4 Å². The van der Waals surface area contributed by atoms with Gasteiger partial charge in [-0.15, -0.1) is 0 Å². The average molecular weight is 403 g/mol. The Bertz CT molecular complexity index is 1250. The lowest BCUT2D eigenvalue weighted by Crippen LogP contribution is -2.22. The van der Waals surface area contributed by atoms with Crippen LogP contribution in [0, 0.1) is 5.82 Å². The van der Waals surface area contributed by atoms with Crippen molar-refractivity contribution in [2.24, 2.45) is 0 Å². The molecule has 0 aliphatic heterocycles. The maximum atomic E-state index is 13.6. The highest BCUT2D eigenvalue weighted by atomic mass is 19.1. The Morgan fingerprint density at radius 2 is 1.80 bits per heavy atom. The predicted octanol–water partition coefficient (Wildman–Crippen LogP) is 4.05. The number of aromatic nitrogens is 2. The molecule has 30 heavy (non-hydrogen) atoms. The van der Waals surface area contributed by atoms with Gasteiger partial charge >= 0.3 is 0 Å². The van der Waals surface area contributed by atoms with Gasteiger partial charge in [-0.05, 0) is 36.4 Å². The summed E-state index contributed by atoms with van der Waals surface area (Å²) in [4.78, 5) is 30.2. The number of carbonyl (C=O) groups is 2. The van der Waals surface area contributed by atoms with E-state index in [9.17, 15) is 14.0 Å². The lowest BCUT2D eigenvalue weighted by Gasteiger charge is -2.12. The van der Waals surface area contributed by atoms with E-state index in [-0.39, 0.29) is 23.8 Å². The topological polar surface area (TPSA) is 73.2 Å². The average Bonchev–Trinajstić information content (AvgIpc) is 3.12. The second-order valence-corrected chi connectivity index (χ2v) is 6.60. The number of anilines is 1. The van der Waals surface area contributed by atoms with Crippen LogP contribution in [0.4, 0.5) is 10.1 Å². The number of imidazole rings is 1. The molecule has 0 atom stereocenters. The molecule has 150 valence electrons. The Kier molecular flexibility index (Phi) is 5.26. The standard InChI is InChI=1S/C23H18FN3O3/c1-30-20-12-5-3-10-18(20)25-21(28)14-27-19-11-4-2-9-17(19)26-23(27)22(29)15-7-6-8-16(24)13-15/h2-13H,14H2,1H3,(H,25,28). The quantitative estimate of drug-likeness (QED) is 0.493. The molecule has 0 fully saturated rings. The van der Waals surface area contributed by atoms with Gasteiger partial charge in [0.05, 0.1) is 23.8 Å². The van der Waals surface area contributed by atoms with Gasteiger partial charge in [-0.25, -0.2) is 9.37 Å². The molecule has 1 aromatic heterocycles. The van der Waals surface area contributed by atoms with Crippen LogP contribution in [0.15, 0.2) is 72.8 Å². The summed E-state index contributed by atoms with van der Waals surface area (Å²) in [7, 11) is 1.52. The van der Waals surface area contributed by atoms with Crippen LogP contribution < -0.4 is 10.1 Å². The van der Waals surface area contributed by atoms with Crippen molar-refractivity contribution in [3.63, 3.8) is 0 Å². The van der Waals surface area contributed by atoms with Gasteiger partial charge in [0.15, 0.2) is 5.82 Å². The van der Waals surface area contributed by atoms with E-state index in [2.05, 4.69) is 10.3 Å². The zero-order chi connectivity index (χ0) is 21.1. The predicted molar refractivity (Wildman–Crippen MR) is 111 cm³/mol. The summed E-state index contributed by atoms with van der Waals surface area (Å²) < 4.78 is 20.4. The number of para-hydroxylation sites is 4.